The molecule has 1 amide bonds. The second-order valence-electron chi connectivity index (χ2n) is 4.65. The lowest BCUT2D eigenvalue weighted by molar-refractivity contribution is -0.122. The standard InChI is InChI=1S/C12H24N2O/c1-10(11-6-2-3-7-11)14-12(15)8-4-5-9-13/h10-11H,2-9,13H2,1H3,(H,14,15)/t10-/m1/s1. The molecule has 3 heteroatoms. The minimum atomic E-state index is 0.197. The molecule has 0 radical (unpaired) electrons. The lowest BCUT2D eigenvalue weighted by Crippen LogP contribution is -2.37. The van der Waals surface area contributed by atoms with Crippen molar-refractivity contribution >= 4 is 5.91 Å². The number of hydrogen-bond donors (Lipinski definition) is 2. The quantitative estimate of drug-likeness (QED) is 0.660. The Kier molecular flexibility index (Phi) is 5.69. The molecule has 0 heterocycles. The summed E-state index contributed by atoms with van der Waals surface area (Å²) >= 11 is 0. The van der Waals surface area contributed by atoms with Crippen LogP contribution in [-0.2, 0) is 4.79 Å². The molecule has 1 atom stereocenters. The predicted molar refractivity (Wildman–Crippen MR) is 62.5 cm³/mol. The summed E-state index contributed by atoms with van der Waals surface area (Å²) < 4.78 is 0. The van der Waals surface area contributed by atoms with Gasteiger partial charge in [-0.15, -0.1) is 0 Å². The Hall–Kier alpha value is -0.570. The van der Waals surface area contributed by atoms with Gasteiger partial charge in [0.15, 0.2) is 0 Å². The van der Waals surface area contributed by atoms with Crippen LogP contribution in [0.2, 0.25) is 0 Å². The van der Waals surface area contributed by atoms with E-state index in [0.717, 1.165) is 12.8 Å². The van der Waals surface area contributed by atoms with Crippen molar-refractivity contribution in [3.05, 3.63) is 0 Å². The van der Waals surface area contributed by atoms with Gasteiger partial charge in [0.1, 0.15) is 0 Å². The Morgan fingerprint density at radius 1 is 1.40 bits per heavy atom. The molecule has 0 spiro atoms. The fourth-order valence-corrected chi connectivity index (χ4v) is 2.33. The number of unbranched alkanes of at least 4 members (excludes halogenated alkanes) is 1. The minimum absolute atomic E-state index is 0.197. The highest BCUT2D eigenvalue weighted by atomic mass is 16.1. The zero-order chi connectivity index (χ0) is 11.1. The van der Waals surface area contributed by atoms with Crippen LogP contribution in [0.4, 0.5) is 0 Å². The van der Waals surface area contributed by atoms with Crippen LogP contribution in [0.5, 0.6) is 0 Å². The monoisotopic (exact) mass is 212 g/mol. The fraction of sp³-hybridized carbons (Fsp3) is 0.917. The predicted octanol–water partition coefficient (Wildman–Crippen LogP) is 1.81. The van der Waals surface area contributed by atoms with Crippen LogP contribution in [0.25, 0.3) is 0 Å². The van der Waals surface area contributed by atoms with Crippen LogP contribution in [0.1, 0.15) is 51.9 Å². The highest BCUT2D eigenvalue weighted by molar-refractivity contribution is 5.76. The van der Waals surface area contributed by atoms with Gasteiger partial charge in [-0.05, 0) is 45.1 Å². The van der Waals surface area contributed by atoms with E-state index >= 15 is 0 Å². The summed E-state index contributed by atoms with van der Waals surface area (Å²) in [4.78, 5) is 11.5. The Morgan fingerprint density at radius 3 is 2.67 bits per heavy atom. The molecule has 0 aromatic heterocycles. The molecule has 0 aliphatic heterocycles. The van der Waals surface area contributed by atoms with Gasteiger partial charge in [0.2, 0.25) is 5.91 Å². The van der Waals surface area contributed by atoms with E-state index in [4.69, 9.17) is 5.73 Å². The van der Waals surface area contributed by atoms with Gasteiger partial charge in [0.05, 0.1) is 0 Å². The van der Waals surface area contributed by atoms with E-state index in [2.05, 4.69) is 12.2 Å². The third-order valence-electron chi connectivity index (χ3n) is 3.35. The highest BCUT2D eigenvalue weighted by Crippen LogP contribution is 2.27. The van der Waals surface area contributed by atoms with Crippen molar-refractivity contribution in [2.24, 2.45) is 11.7 Å². The van der Waals surface area contributed by atoms with Gasteiger partial charge in [-0.25, -0.2) is 0 Å². The van der Waals surface area contributed by atoms with Gasteiger partial charge in [0, 0.05) is 12.5 Å². The molecule has 1 fully saturated rings. The molecule has 15 heavy (non-hydrogen) atoms. The molecule has 3 N–H and O–H groups in total. The zero-order valence-corrected chi connectivity index (χ0v) is 9.80. The molecular formula is C12H24N2O. The first kappa shape index (κ1) is 12.5. The molecule has 0 aromatic rings. The number of nitrogens with one attached hydrogen (secondary N) is 1. The summed E-state index contributed by atoms with van der Waals surface area (Å²) in [5.41, 5.74) is 5.38. The van der Waals surface area contributed by atoms with Gasteiger partial charge in [-0.2, -0.15) is 0 Å². The molecular weight excluding hydrogens is 188 g/mol. The van der Waals surface area contributed by atoms with Gasteiger partial charge in [-0.1, -0.05) is 12.8 Å². The number of rotatable bonds is 6. The molecule has 0 aromatic carbocycles. The molecule has 3 nitrogen and oxygen atoms in total. The fourth-order valence-electron chi connectivity index (χ4n) is 2.33. The summed E-state index contributed by atoms with van der Waals surface area (Å²) in [6.07, 6.45) is 7.73. The minimum Gasteiger partial charge on any atom is -0.353 e. The molecule has 88 valence electrons. The molecule has 1 aliphatic carbocycles. The van der Waals surface area contributed by atoms with E-state index in [1.165, 1.54) is 25.7 Å². The van der Waals surface area contributed by atoms with E-state index in [0.29, 0.717) is 24.9 Å². The molecule has 0 unspecified atom stereocenters. The maximum atomic E-state index is 11.5. The van der Waals surface area contributed by atoms with Gasteiger partial charge in [-0.3, -0.25) is 4.79 Å². The number of hydrogen-bond acceptors (Lipinski definition) is 2. The van der Waals surface area contributed by atoms with Crippen molar-refractivity contribution < 1.29 is 4.79 Å². The van der Waals surface area contributed by atoms with Crippen LogP contribution in [0.15, 0.2) is 0 Å². The van der Waals surface area contributed by atoms with Crippen molar-refractivity contribution in [1.29, 1.82) is 0 Å². The molecule has 1 rings (SSSR count). The summed E-state index contributed by atoms with van der Waals surface area (Å²) in [6.45, 7) is 2.82. The van der Waals surface area contributed by atoms with Crippen molar-refractivity contribution in [3.8, 4) is 0 Å². The van der Waals surface area contributed by atoms with Crippen LogP contribution in [0, 0.1) is 5.92 Å². The summed E-state index contributed by atoms with van der Waals surface area (Å²) in [6, 6.07) is 0.359. The zero-order valence-electron chi connectivity index (χ0n) is 9.80. The first-order chi connectivity index (χ1) is 7.24. The summed E-state index contributed by atoms with van der Waals surface area (Å²) in [7, 11) is 0. The van der Waals surface area contributed by atoms with E-state index < -0.39 is 0 Å². The largest absolute Gasteiger partial charge is 0.353 e. The Balaban J connectivity index is 2.13. The number of carbonyl (C=O) groups excluding carboxylic acids is 1. The van der Waals surface area contributed by atoms with Crippen LogP contribution < -0.4 is 11.1 Å². The summed E-state index contributed by atoms with van der Waals surface area (Å²) in [5.74, 6) is 0.909. The van der Waals surface area contributed by atoms with Gasteiger partial charge < -0.3 is 11.1 Å². The highest BCUT2D eigenvalue weighted by Gasteiger charge is 2.22. The molecule has 0 bridgehead atoms. The second-order valence-corrected chi connectivity index (χ2v) is 4.65. The van der Waals surface area contributed by atoms with Crippen molar-refractivity contribution in [3.63, 3.8) is 0 Å². The Bertz CT molecular complexity index is 188. The van der Waals surface area contributed by atoms with E-state index in [1.54, 1.807) is 0 Å². The topological polar surface area (TPSA) is 55.1 Å². The number of carbonyl (C=O) groups is 1. The van der Waals surface area contributed by atoms with E-state index in [-0.39, 0.29) is 5.91 Å². The average Bonchev–Trinajstić information content (AvgIpc) is 2.70. The number of nitrogens with two attached hydrogens (primary N) is 1. The average molecular weight is 212 g/mol. The van der Waals surface area contributed by atoms with E-state index in [9.17, 15) is 4.79 Å². The third-order valence-corrected chi connectivity index (χ3v) is 3.35. The SMILES string of the molecule is C[C@@H](NC(=O)CCCCN)C1CCCC1. The number of amides is 1. The van der Waals surface area contributed by atoms with E-state index in [1.807, 2.05) is 0 Å². The third kappa shape index (κ3) is 4.65. The van der Waals surface area contributed by atoms with Crippen molar-refractivity contribution in [1.82, 2.24) is 5.32 Å². The lowest BCUT2D eigenvalue weighted by Gasteiger charge is -2.20. The van der Waals surface area contributed by atoms with Gasteiger partial charge >= 0.3 is 0 Å². The van der Waals surface area contributed by atoms with Gasteiger partial charge in [0.25, 0.3) is 0 Å². The smallest absolute Gasteiger partial charge is 0.220 e. The van der Waals surface area contributed by atoms with Crippen molar-refractivity contribution in [2.45, 2.75) is 57.9 Å². The Morgan fingerprint density at radius 2 is 2.07 bits per heavy atom. The molecule has 1 saturated carbocycles. The Labute approximate surface area is 92.8 Å². The normalized spacial score (nSPS) is 19.1. The van der Waals surface area contributed by atoms with Crippen LogP contribution in [0.3, 0.4) is 0 Å². The first-order valence-corrected chi connectivity index (χ1v) is 6.23. The molecule has 0 saturated heterocycles. The van der Waals surface area contributed by atoms with Crippen LogP contribution in [-0.4, -0.2) is 18.5 Å². The maximum Gasteiger partial charge on any atom is 0.220 e. The first-order valence-electron chi connectivity index (χ1n) is 6.23. The second kappa shape index (κ2) is 6.83. The lowest BCUT2D eigenvalue weighted by atomic mass is 9.99. The maximum absolute atomic E-state index is 11.5. The molecule has 1 aliphatic rings. The van der Waals surface area contributed by atoms with Crippen LogP contribution >= 0.6 is 0 Å². The van der Waals surface area contributed by atoms with Crippen molar-refractivity contribution in [2.75, 3.05) is 6.54 Å². The summed E-state index contributed by atoms with van der Waals surface area (Å²) in [5, 5.41) is 3.10.